The second-order valence-electron chi connectivity index (χ2n) is 6.54. The maximum atomic E-state index is 13.4. The van der Waals surface area contributed by atoms with Crippen LogP contribution >= 0.6 is 15.9 Å². The molecule has 0 aliphatic heterocycles. The smallest absolute Gasteiger partial charge is 0.249 e. The van der Waals surface area contributed by atoms with Gasteiger partial charge < -0.3 is 5.32 Å². The first-order valence-electron chi connectivity index (χ1n) is 8.57. The lowest BCUT2D eigenvalue weighted by Crippen LogP contribution is -2.24. The van der Waals surface area contributed by atoms with Crippen LogP contribution in [0.3, 0.4) is 0 Å². The number of amides is 1. The molecule has 27 heavy (non-hydrogen) atoms. The standard InChI is InChI=1S/C19H21BrFN5O/c1-11-17(20)10-26(23-11)14(4)19(27)22-18-12(2)24-25(13(18)3)9-15-6-5-7-16(21)8-15/h5-8,10,14H,9H2,1-4H3,(H,22,27). The molecule has 8 heteroatoms. The highest BCUT2D eigenvalue weighted by atomic mass is 79.9. The highest BCUT2D eigenvalue weighted by Crippen LogP contribution is 2.23. The third-order valence-electron chi connectivity index (χ3n) is 4.48. The third kappa shape index (κ3) is 4.10. The number of rotatable bonds is 5. The maximum Gasteiger partial charge on any atom is 0.249 e. The molecule has 0 bridgehead atoms. The number of hydrogen-bond donors (Lipinski definition) is 1. The molecule has 142 valence electrons. The molecule has 0 saturated heterocycles. The Morgan fingerprint density at radius 2 is 2.00 bits per heavy atom. The Hall–Kier alpha value is -2.48. The van der Waals surface area contributed by atoms with Crippen LogP contribution in [-0.2, 0) is 11.3 Å². The maximum absolute atomic E-state index is 13.4. The largest absolute Gasteiger partial charge is 0.321 e. The van der Waals surface area contributed by atoms with E-state index < -0.39 is 6.04 Å². The molecular weight excluding hydrogens is 413 g/mol. The summed E-state index contributed by atoms with van der Waals surface area (Å²) in [6, 6.07) is 5.94. The fourth-order valence-electron chi connectivity index (χ4n) is 2.85. The van der Waals surface area contributed by atoms with Crippen LogP contribution in [0.5, 0.6) is 0 Å². The number of halogens is 2. The molecule has 2 aromatic heterocycles. The van der Waals surface area contributed by atoms with Crippen molar-refractivity contribution in [3.63, 3.8) is 0 Å². The summed E-state index contributed by atoms with van der Waals surface area (Å²) in [6.45, 7) is 7.81. The van der Waals surface area contributed by atoms with Gasteiger partial charge in [-0.25, -0.2) is 4.39 Å². The van der Waals surface area contributed by atoms with Crippen LogP contribution in [0, 0.1) is 26.6 Å². The lowest BCUT2D eigenvalue weighted by Gasteiger charge is -2.13. The second-order valence-corrected chi connectivity index (χ2v) is 7.40. The average Bonchev–Trinajstić information content (AvgIpc) is 3.08. The topological polar surface area (TPSA) is 64.7 Å². The minimum atomic E-state index is -0.472. The number of hydrogen-bond acceptors (Lipinski definition) is 3. The van der Waals surface area contributed by atoms with Crippen molar-refractivity contribution >= 4 is 27.5 Å². The Bertz CT molecular complexity index is 975. The van der Waals surface area contributed by atoms with Gasteiger partial charge in [0.15, 0.2) is 0 Å². The number of nitrogens with one attached hydrogen (secondary N) is 1. The summed E-state index contributed by atoms with van der Waals surface area (Å²) in [5, 5.41) is 11.8. The molecule has 0 spiro atoms. The number of benzene rings is 1. The Kier molecular flexibility index (Phi) is 5.46. The first-order chi connectivity index (χ1) is 12.8. The quantitative estimate of drug-likeness (QED) is 0.656. The Morgan fingerprint density at radius 3 is 2.63 bits per heavy atom. The van der Waals surface area contributed by atoms with Crippen molar-refractivity contribution in [2.75, 3.05) is 5.32 Å². The van der Waals surface area contributed by atoms with Gasteiger partial charge >= 0.3 is 0 Å². The van der Waals surface area contributed by atoms with Crippen molar-refractivity contribution in [3.05, 3.63) is 63.4 Å². The van der Waals surface area contributed by atoms with E-state index in [1.807, 2.05) is 26.8 Å². The molecule has 1 amide bonds. The number of aromatic nitrogens is 4. The number of nitrogens with zero attached hydrogens (tertiary/aromatic N) is 4. The molecule has 0 fully saturated rings. The molecule has 0 aliphatic rings. The second kappa shape index (κ2) is 7.64. The van der Waals surface area contributed by atoms with Gasteiger partial charge in [-0.1, -0.05) is 12.1 Å². The monoisotopic (exact) mass is 433 g/mol. The van der Waals surface area contributed by atoms with Crippen molar-refractivity contribution in [2.24, 2.45) is 0 Å². The van der Waals surface area contributed by atoms with Crippen LogP contribution in [0.2, 0.25) is 0 Å². The van der Waals surface area contributed by atoms with Crippen LogP contribution in [-0.4, -0.2) is 25.5 Å². The van der Waals surface area contributed by atoms with Gasteiger partial charge in [-0.05, 0) is 61.3 Å². The van der Waals surface area contributed by atoms with Crippen LogP contribution in [0.25, 0.3) is 0 Å². The van der Waals surface area contributed by atoms with Crippen LogP contribution in [0.4, 0.5) is 10.1 Å². The molecule has 3 aromatic rings. The van der Waals surface area contributed by atoms with E-state index in [2.05, 4.69) is 31.4 Å². The van der Waals surface area contributed by atoms with Gasteiger partial charge in [0.25, 0.3) is 0 Å². The zero-order valence-corrected chi connectivity index (χ0v) is 17.2. The molecule has 2 heterocycles. The molecule has 1 unspecified atom stereocenters. The Balaban J connectivity index is 1.79. The van der Waals surface area contributed by atoms with E-state index in [1.165, 1.54) is 12.1 Å². The average molecular weight is 434 g/mol. The molecule has 1 atom stereocenters. The van der Waals surface area contributed by atoms with E-state index in [9.17, 15) is 9.18 Å². The van der Waals surface area contributed by atoms with Gasteiger partial charge in [0.05, 0.1) is 33.8 Å². The van der Waals surface area contributed by atoms with E-state index >= 15 is 0 Å². The van der Waals surface area contributed by atoms with Crippen molar-refractivity contribution in [3.8, 4) is 0 Å². The van der Waals surface area contributed by atoms with Gasteiger partial charge in [0.2, 0.25) is 5.91 Å². The summed E-state index contributed by atoms with van der Waals surface area (Å²) < 4.78 is 17.7. The number of aryl methyl sites for hydroxylation is 2. The molecule has 1 aromatic carbocycles. The summed E-state index contributed by atoms with van der Waals surface area (Å²) in [4.78, 5) is 12.7. The van der Waals surface area contributed by atoms with Crippen LogP contribution < -0.4 is 5.32 Å². The predicted molar refractivity (Wildman–Crippen MR) is 105 cm³/mol. The summed E-state index contributed by atoms with van der Waals surface area (Å²) in [5.74, 6) is -0.460. The van der Waals surface area contributed by atoms with Crippen molar-refractivity contribution in [2.45, 2.75) is 40.3 Å². The highest BCUT2D eigenvalue weighted by Gasteiger charge is 2.21. The molecule has 6 nitrogen and oxygen atoms in total. The summed E-state index contributed by atoms with van der Waals surface area (Å²) in [6.07, 6.45) is 1.78. The SMILES string of the molecule is Cc1nn(C(C)C(=O)Nc2c(C)nn(Cc3cccc(F)c3)c2C)cc1Br. The minimum Gasteiger partial charge on any atom is -0.321 e. The van der Waals surface area contributed by atoms with Crippen molar-refractivity contribution in [1.29, 1.82) is 0 Å². The van der Waals surface area contributed by atoms with Gasteiger partial charge in [-0.15, -0.1) is 0 Å². The first-order valence-corrected chi connectivity index (χ1v) is 9.36. The third-order valence-corrected chi connectivity index (χ3v) is 5.26. The van der Waals surface area contributed by atoms with E-state index in [-0.39, 0.29) is 11.7 Å². The van der Waals surface area contributed by atoms with E-state index in [4.69, 9.17) is 0 Å². The fraction of sp³-hybridized carbons (Fsp3) is 0.316. The lowest BCUT2D eigenvalue weighted by atomic mass is 10.2. The zero-order chi connectivity index (χ0) is 19.7. The van der Waals surface area contributed by atoms with E-state index in [0.29, 0.717) is 17.9 Å². The summed E-state index contributed by atoms with van der Waals surface area (Å²) in [5.41, 5.74) is 3.83. The molecule has 0 saturated carbocycles. The van der Waals surface area contributed by atoms with Gasteiger partial charge in [-0.2, -0.15) is 10.2 Å². The fourth-order valence-corrected chi connectivity index (χ4v) is 3.13. The van der Waals surface area contributed by atoms with Gasteiger partial charge in [-0.3, -0.25) is 14.2 Å². The van der Waals surface area contributed by atoms with Crippen LogP contribution in [0.1, 0.15) is 35.6 Å². The van der Waals surface area contributed by atoms with Crippen molar-refractivity contribution in [1.82, 2.24) is 19.6 Å². The van der Waals surface area contributed by atoms with Gasteiger partial charge in [0.1, 0.15) is 11.9 Å². The van der Waals surface area contributed by atoms with E-state index in [0.717, 1.165) is 21.4 Å². The number of carbonyl (C=O) groups excluding carboxylic acids is 1. The zero-order valence-electron chi connectivity index (χ0n) is 15.6. The molecular formula is C19H21BrFN5O. The molecule has 0 radical (unpaired) electrons. The molecule has 1 N–H and O–H groups in total. The summed E-state index contributed by atoms with van der Waals surface area (Å²) in [7, 11) is 0. The van der Waals surface area contributed by atoms with Crippen molar-refractivity contribution < 1.29 is 9.18 Å². The Morgan fingerprint density at radius 1 is 1.26 bits per heavy atom. The number of carbonyl (C=O) groups is 1. The molecule has 0 aliphatic carbocycles. The normalized spacial score (nSPS) is 12.2. The lowest BCUT2D eigenvalue weighted by molar-refractivity contribution is -0.119. The summed E-state index contributed by atoms with van der Waals surface area (Å²) >= 11 is 3.41. The predicted octanol–water partition coefficient (Wildman–Crippen LogP) is 4.15. The van der Waals surface area contributed by atoms with E-state index in [1.54, 1.807) is 28.6 Å². The first kappa shape index (κ1) is 19.3. The Labute approximate surface area is 165 Å². The molecule has 3 rings (SSSR count). The number of anilines is 1. The van der Waals surface area contributed by atoms with Crippen LogP contribution in [0.15, 0.2) is 34.9 Å². The highest BCUT2D eigenvalue weighted by molar-refractivity contribution is 9.10. The van der Waals surface area contributed by atoms with Gasteiger partial charge in [0, 0.05) is 6.20 Å². The minimum absolute atomic E-state index is 0.179.